The number of hydrogen-bond acceptors (Lipinski definition) is 6. The number of nitrogens with zero attached hydrogens (tertiary/aromatic N) is 2. The van der Waals surface area contributed by atoms with Gasteiger partial charge in [-0.05, 0) is 43.3 Å². The molecule has 30 heavy (non-hydrogen) atoms. The van der Waals surface area contributed by atoms with Crippen molar-refractivity contribution < 1.29 is 24.0 Å². The Morgan fingerprint density at radius 3 is 2.57 bits per heavy atom. The van der Waals surface area contributed by atoms with Crippen LogP contribution in [0.3, 0.4) is 0 Å². The van der Waals surface area contributed by atoms with E-state index in [4.69, 9.17) is 9.26 Å². The number of carboxylic acid groups (broad SMARTS) is 1. The molecule has 0 spiro atoms. The molecule has 4 rings (SSSR count). The standard InChI is InChI=1S/C21H18N4O5/c1-11(22-20(26)19-23-14-5-3-4-6-15(14)24-19)18-16(21(27)28)17(25-30-18)12-7-9-13(29-2)10-8-12/h3-11H,1-2H3,(H,22,26)(H,23,24)(H,27,28)/t11-/m1/s1. The number of carbonyl (C=O) groups excluding carboxylic acids is 1. The van der Waals surface area contributed by atoms with E-state index in [1.807, 2.05) is 18.2 Å². The van der Waals surface area contributed by atoms with Gasteiger partial charge in [0.05, 0.1) is 24.2 Å². The second-order valence-electron chi connectivity index (χ2n) is 6.60. The zero-order valence-corrected chi connectivity index (χ0v) is 16.2. The fraction of sp³-hybridized carbons (Fsp3) is 0.143. The molecule has 3 N–H and O–H groups in total. The smallest absolute Gasteiger partial charge is 0.341 e. The van der Waals surface area contributed by atoms with Gasteiger partial charge in [-0.2, -0.15) is 0 Å². The summed E-state index contributed by atoms with van der Waals surface area (Å²) in [6, 6.07) is 13.3. The third-order valence-corrected chi connectivity index (χ3v) is 4.64. The van der Waals surface area contributed by atoms with Gasteiger partial charge in [0.25, 0.3) is 5.91 Å². The van der Waals surface area contributed by atoms with Crippen LogP contribution in [0, 0.1) is 0 Å². The van der Waals surface area contributed by atoms with E-state index < -0.39 is 17.9 Å². The molecule has 0 fully saturated rings. The number of amides is 1. The summed E-state index contributed by atoms with van der Waals surface area (Å²) in [5.74, 6) is -0.905. The van der Waals surface area contributed by atoms with Crippen molar-refractivity contribution in [2.24, 2.45) is 0 Å². The van der Waals surface area contributed by atoms with Gasteiger partial charge in [0.2, 0.25) is 0 Å². The maximum atomic E-state index is 12.6. The Morgan fingerprint density at radius 1 is 1.17 bits per heavy atom. The maximum Gasteiger partial charge on any atom is 0.341 e. The number of aromatic amines is 1. The SMILES string of the molecule is COc1ccc(-c2noc([C@@H](C)NC(=O)c3nc4ccccc4[nH]3)c2C(=O)O)cc1. The predicted octanol–water partition coefficient (Wildman–Crippen LogP) is 3.42. The molecule has 2 aromatic carbocycles. The fourth-order valence-corrected chi connectivity index (χ4v) is 3.14. The van der Waals surface area contributed by atoms with Gasteiger partial charge in [0.1, 0.15) is 17.0 Å². The topological polar surface area (TPSA) is 130 Å². The van der Waals surface area contributed by atoms with Gasteiger partial charge in [-0.1, -0.05) is 17.3 Å². The number of aromatic carboxylic acids is 1. The summed E-state index contributed by atoms with van der Waals surface area (Å²) in [6.07, 6.45) is 0. The van der Waals surface area contributed by atoms with E-state index in [1.165, 1.54) is 7.11 Å². The molecule has 9 nitrogen and oxygen atoms in total. The molecule has 0 saturated heterocycles. The number of hydrogen-bond donors (Lipinski definition) is 3. The molecule has 0 aliphatic rings. The lowest BCUT2D eigenvalue weighted by molar-refractivity contribution is 0.0692. The second kappa shape index (κ2) is 7.70. The third kappa shape index (κ3) is 3.48. The van der Waals surface area contributed by atoms with E-state index in [2.05, 4.69) is 20.4 Å². The second-order valence-corrected chi connectivity index (χ2v) is 6.60. The molecule has 1 atom stereocenters. The molecule has 0 saturated carbocycles. The monoisotopic (exact) mass is 406 g/mol. The summed E-state index contributed by atoms with van der Waals surface area (Å²) < 4.78 is 10.4. The number of ether oxygens (including phenoxy) is 1. The van der Waals surface area contributed by atoms with Gasteiger partial charge >= 0.3 is 5.97 Å². The van der Waals surface area contributed by atoms with E-state index >= 15 is 0 Å². The highest BCUT2D eigenvalue weighted by Crippen LogP contribution is 2.30. The fourth-order valence-electron chi connectivity index (χ4n) is 3.14. The molecule has 4 aromatic rings. The van der Waals surface area contributed by atoms with Crippen LogP contribution in [0.2, 0.25) is 0 Å². The van der Waals surface area contributed by atoms with Crippen molar-refractivity contribution in [1.29, 1.82) is 0 Å². The minimum absolute atomic E-state index is 0.0396. The number of rotatable bonds is 6. The predicted molar refractivity (Wildman–Crippen MR) is 107 cm³/mol. The lowest BCUT2D eigenvalue weighted by atomic mass is 10.0. The maximum absolute atomic E-state index is 12.6. The number of carboxylic acids is 1. The molecule has 2 aromatic heterocycles. The molecule has 0 aliphatic carbocycles. The summed E-state index contributed by atoms with van der Waals surface area (Å²) in [7, 11) is 1.54. The Balaban J connectivity index is 1.61. The lowest BCUT2D eigenvalue weighted by Crippen LogP contribution is -2.28. The molecule has 1 amide bonds. The van der Waals surface area contributed by atoms with Crippen molar-refractivity contribution in [3.8, 4) is 17.0 Å². The Hall–Kier alpha value is -4.14. The number of carbonyl (C=O) groups is 2. The van der Waals surface area contributed by atoms with Gasteiger partial charge in [-0.15, -0.1) is 0 Å². The van der Waals surface area contributed by atoms with Crippen LogP contribution >= 0.6 is 0 Å². The first-order chi connectivity index (χ1) is 14.5. The number of fused-ring (bicyclic) bond motifs is 1. The minimum Gasteiger partial charge on any atom is -0.497 e. The van der Waals surface area contributed by atoms with Gasteiger partial charge < -0.3 is 24.7 Å². The van der Waals surface area contributed by atoms with Crippen molar-refractivity contribution in [3.63, 3.8) is 0 Å². The van der Waals surface area contributed by atoms with E-state index in [-0.39, 0.29) is 22.8 Å². The van der Waals surface area contributed by atoms with Crippen LogP contribution in [0.15, 0.2) is 53.1 Å². The van der Waals surface area contributed by atoms with Crippen LogP contribution in [0.5, 0.6) is 5.75 Å². The summed E-state index contributed by atoms with van der Waals surface area (Å²) in [4.78, 5) is 31.7. The van der Waals surface area contributed by atoms with Crippen molar-refractivity contribution in [1.82, 2.24) is 20.4 Å². The molecule has 0 bridgehead atoms. The van der Waals surface area contributed by atoms with Gasteiger partial charge in [0, 0.05) is 5.56 Å². The molecule has 9 heteroatoms. The molecule has 152 valence electrons. The number of para-hydroxylation sites is 2. The van der Waals surface area contributed by atoms with Crippen molar-refractivity contribution in [3.05, 3.63) is 65.7 Å². The van der Waals surface area contributed by atoms with E-state index in [1.54, 1.807) is 37.3 Å². The first-order valence-electron chi connectivity index (χ1n) is 9.11. The highest BCUT2D eigenvalue weighted by atomic mass is 16.5. The van der Waals surface area contributed by atoms with Crippen molar-refractivity contribution in [2.45, 2.75) is 13.0 Å². The minimum atomic E-state index is -1.21. The molecule has 0 unspecified atom stereocenters. The number of imidazole rings is 1. The largest absolute Gasteiger partial charge is 0.497 e. The number of benzene rings is 2. The highest BCUT2D eigenvalue weighted by Gasteiger charge is 2.28. The quantitative estimate of drug-likeness (QED) is 0.447. The van der Waals surface area contributed by atoms with Crippen molar-refractivity contribution in [2.75, 3.05) is 7.11 Å². The molecule has 0 radical (unpaired) electrons. The molecular weight excluding hydrogens is 388 g/mol. The van der Waals surface area contributed by atoms with Crippen LogP contribution < -0.4 is 10.1 Å². The van der Waals surface area contributed by atoms with Crippen molar-refractivity contribution >= 4 is 22.9 Å². The Bertz CT molecular complexity index is 1190. The van der Waals surface area contributed by atoms with Crippen LogP contribution in [-0.2, 0) is 0 Å². The zero-order chi connectivity index (χ0) is 21.3. The average Bonchev–Trinajstić information content (AvgIpc) is 3.38. The summed E-state index contributed by atoms with van der Waals surface area (Å²) >= 11 is 0. The highest BCUT2D eigenvalue weighted by molar-refractivity contribution is 5.97. The number of methoxy groups -OCH3 is 1. The normalized spacial score (nSPS) is 11.9. The molecular formula is C21H18N4O5. The summed E-state index contributed by atoms with van der Waals surface area (Å²) in [5.41, 5.74) is 1.99. The zero-order valence-electron chi connectivity index (χ0n) is 16.2. The Labute approximate surface area is 170 Å². The van der Waals surface area contributed by atoms with Crippen LogP contribution in [0.25, 0.3) is 22.3 Å². The van der Waals surface area contributed by atoms with E-state index in [0.29, 0.717) is 16.8 Å². The summed E-state index contributed by atoms with van der Waals surface area (Å²) in [6.45, 7) is 1.62. The number of H-pyrrole nitrogens is 1. The molecule has 2 heterocycles. The summed E-state index contributed by atoms with van der Waals surface area (Å²) in [5, 5.41) is 16.4. The lowest BCUT2D eigenvalue weighted by Gasteiger charge is -2.10. The van der Waals surface area contributed by atoms with Crippen LogP contribution in [0.4, 0.5) is 0 Å². The van der Waals surface area contributed by atoms with Gasteiger partial charge in [-0.25, -0.2) is 9.78 Å². The van der Waals surface area contributed by atoms with Gasteiger partial charge in [-0.3, -0.25) is 4.79 Å². The first kappa shape index (κ1) is 19.2. The van der Waals surface area contributed by atoms with Crippen LogP contribution in [-0.4, -0.2) is 39.2 Å². The average molecular weight is 406 g/mol. The molecule has 0 aliphatic heterocycles. The Morgan fingerprint density at radius 2 is 1.90 bits per heavy atom. The Kier molecular flexibility index (Phi) is 4.93. The third-order valence-electron chi connectivity index (χ3n) is 4.64. The van der Waals surface area contributed by atoms with E-state index in [9.17, 15) is 14.7 Å². The number of aromatic nitrogens is 3. The van der Waals surface area contributed by atoms with Crippen LogP contribution in [0.1, 0.15) is 39.7 Å². The number of nitrogens with one attached hydrogen (secondary N) is 2. The first-order valence-corrected chi connectivity index (χ1v) is 9.11. The van der Waals surface area contributed by atoms with Gasteiger partial charge in [0.15, 0.2) is 11.6 Å². The van der Waals surface area contributed by atoms with E-state index in [0.717, 1.165) is 5.52 Å².